The van der Waals surface area contributed by atoms with Gasteiger partial charge in [0.1, 0.15) is 0 Å². The Kier molecular flexibility index (Phi) is 8.79. The van der Waals surface area contributed by atoms with Crippen molar-refractivity contribution in [3.8, 4) is 22.3 Å². The summed E-state index contributed by atoms with van der Waals surface area (Å²) in [4.78, 5) is 2.65. The minimum Gasteiger partial charge on any atom is -0.310 e. The van der Waals surface area contributed by atoms with Crippen LogP contribution in [0.25, 0.3) is 22.3 Å². The molecule has 0 fully saturated rings. The predicted octanol–water partition coefficient (Wildman–Crippen LogP) is 15.9. The fourth-order valence-electron chi connectivity index (χ4n) is 11.7. The van der Waals surface area contributed by atoms with Crippen molar-refractivity contribution >= 4 is 17.1 Å². The van der Waals surface area contributed by atoms with Gasteiger partial charge in [-0.1, -0.05) is 189 Å². The summed E-state index contributed by atoms with van der Waals surface area (Å²) in [6.07, 6.45) is 4.63. The Morgan fingerprint density at radius 2 is 0.800 bits per heavy atom. The molecule has 0 unspecified atom stereocenters. The van der Waals surface area contributed by atoms with Crippen LogP contribution in [0.1, 0.15) is 126 Å². The van der Waals surface area contributed by atoms with Gasteiger partial charge in [-0.25, -0.2) is 0 Å². The number of para-hydroxylation sites is 1. The van der Waals surface area contributed by atoms with E-state index in [1.807, 2.05) is 0 Å². The molecular weight excluding hydrogens is 723 g/mol. The van der Waals surface area contributed by atoms with E-state index in [4.69, 9.17) is 0 Å². The fourth-order valence-corrected chi connectivity index (χ4v) is 11.7. The average Bonchev–Trinajstić information content (AvgIpc) is 3.55. The van der Waals surface area contributed by atoms with Crippen molar-refractivity contribution in [3.05, 3.63) is 208 Å². The monoisotopic (exact) mass is 781 g/mol. The van der Waals surface area contributed by atoms with Crippen LogP contribution in [0.4, 0.5) is 17.1 Å². The molecule has 3 aliphatic rings. The Labute approximate surface area is 359 Å². The van der Waals surface area contributed by atoms with Gasteiger partial charge < -0.3 is 4.90 Å². The van der Waals surface area contributed by atoms with E-state index in [1.165, 1.54) is 96.7 Å². The molecule has 0 bridgehead atoms. The number of benzene rings is 7. The third kappa shape index (κ3) is 5.72. The topological polar surface area (TPSA) is 3.24 Å². The van der Waals surface area contributed by atoms with Gasteiger partial charge in [-0.2, -0.15) is 0 Å². The van der Waals surface area contributed by atoms with Crippen LogP contribution < -0.4 is 4.90 Å². The van der Waals surface area contributed by atoms with E-state index in [0.29, 0.717) is 0 Å². The third-order valence-electron chi connectivity index (χ3n) is 15.0. The van der Waals surface area contributed by atoms with Crippen LogP contribution in [0.3, 0.4) is 0 Å². The molecule has 0 heterocycles. The van der Waals surface area contributed by atoms with Crippen molar-refractivity contribution in [2.75, 3.05) is 4.90 Å². The zero-order valence-corrected chi connectivity index (χ0v) is 36.9. The Bertz CT molecular complexity index is 2710. The normalized spacial score (nSPS) is 18.4. The molecule has 0 saturated carbocycles. The number of rotatable bonds is 6. The lowest BCUT2D eigenvalue weighted by atomic mass is 9.61. The molecule has 300 valence electrons. The van der Waals surface area contributed by atoms with E-state index in [2.05, 4.69) is 224 Å². The zero-order valence-electron chi connectivity index (χ0n) is 36.9. The van der Waals surface area contributed by atoms with Gasteiger partial charge in [0, 0.05) is 11.3 Å². The van der Waals surface area contributed by atoms with Crippen LogP contribution >= 0.6 is 0 Å². The summed E-state index contributed by atoms with van der Waals surface area (Å²) in [6.45, 7) is 19.7. The molecule has 0 spiro atoms. The SMILES string of the molecule is CC1(C)CCC(C)(C)c2c(-c3cc4c(cc3N(c3ccccc3)c3cccc5c3C(C)(C)CCC5(C)C)C(c3ccccc3)(c3ccccc3)c3ccccc3-4)cccc21. The summed E-state index contributed by atoms with van der Waals surface area (Å²) in [5, 5.41) is 0. The standard InChI is InChI=1S/C59H59N/c1-55(2)34-36-57(5,6)53-44(29-20-31-48(53)55)46-38-45-43-28-18-19-30-47(43)59(40-22-12-9-13-23-40,41-24-14-10-15-25-41)50(45)39-52(46)60(42-26-16-11-17-27-42)51-33-21-32-49-54(51)58(7,8)37-35-56(49,3)4/h9-33,38-39H,34-37H2,1-8H3. The molecule has 10 rings (SSSR count). The second-order valence-corrected chi connectivity index (χ2v) is 20.6. The van der Waals surface area contributed by atoms with Gasteiger partial charge in [-0.05, 0) is 139 Å². The Balaban J connectivity index is 1.40. The first-order valence-electron chi connectivity index (χ1n) is 22.3. The highest BCUT2D eigenvalue weighted by molar-refractivity contribution is 5.98. The average molecular weight is 782 g/mol. The van der Waals surface area contributed by atoms with Crippen molar-refractivity contribution in [1.82, 2.24) is 0 Å². The van der Waals surface area contributed by atoms with Crippen molar-refractivity contribution in [2.45, 2.75) is 108 Å². The van der Waals surface area contributed by atoms with E-state index in [9.17, 15) is 0 Å². The second-order valence-electron chi connectivity index (χ2n) is 20.6. The molecule has 7 aromatic carbocycles. The van der Waals surface area contributed by atoms with Gasteiger partial charge in [-0.15, -0.1) is 0 Å². The highest BCUT2D eigenvalue weighted by atomic mass is 15.1. The summed E-state index contributed by atoms with van der Waals surface area (Å²) < 4.78 is 0. The number of nitrogens with zero attached hydrogens (tertiary/aromatic N) is 1. The van der Waals surface area contributed by atoms with Crippen molar-refractivity contribution < 1.29 is 0 Å². The van der Waals surface area contributed by atoms with Crippen molar-refractivity contribution in [3.63, 3.8) is 0 Å². The Morgan fingerprint density at radius 3 is 1.42 bits per heavy atom. The molecule has 7 aromatic rings. The maximum atomic E-state index is 2.65. The number of fused-ring (bicyclic) bond motifs is 5. The van der Waals surface area contributed by atoms with Crippen LogP contribution in [0.2, 0.25) is 0 Å². The molecule has 0 amide bonds. The summed E-state index contributed by atoms with van der Waals surface area (Å²) in [6, 6.07) is 62.6. The zero-order chi connectivity index (χ0) is 41.7. The largest absolute Gasteiger partial charge is 0.310 e. The van der Waals surface area contributed by atoms with Gasteiger partial charge >= 0.3 is 0 Å². The van der Waals surface area contributed by atoms with Crippen LogP contribution in [0.5, 0.6) is 0 Å². The van der Waals surface area contributed by atoms with Crippen molar-refractivity contribution in [2.24, 2.45) is 0 Å². The summed E-state index contributed by atoms with van der Waals surface area (Å²) in [7, 11) is 0. The maximum absolute atomic E-state index is 2.65. The van der Waals surface area contributed by atoms with Gasteiger partial charge in [0.15, 0.2) is 0 Å². The highest BCUT2D eigenvalue weighted by Crippen LogP contribution is 2.61. The van der Waals surface area contributed by atoms with E-state index in [-0.39, 0.29) is 21.7 Å². The molecule has 60 heavy (non-hydrogen) atoms. The fraction of sp³-hybridized carbons (Fsp3) is 0.288. The summed E-state index contributed by atoms with van der Waals surface area (Å²) in [5.74, 6) is 0. The van der Waals surface area contributed by atoms with Gasteiger partial charge in [0.2, 0.25) is 0 Å². The van der Waals surface area contributed by atoms with Crippen LogP contribution in [0.15, 0.2) is 164 Å². The quantitative estimate of drug-likeness (QED) is 0.162. The van der Waals surface area contributed by atoms with Crippen LogP contribution in [-0.2, 0) is 27.1 Å². The summed E-state index contributed by atoms with van der Waals surface area (Å²) in [5.41, 5.74) is 19.7. The van der Waals surface area contributed by atoms with E-state index in [1.54, 1.807) is 0 Å². The molecule has 3 aliphatic carbocycles. The minimum atomic E-state index is -0.529. The van der Waals surface area contributed by atoms with E-state index >= 15 is 0 Å². The molecular formula is C59H59N. The molecule has 0 radical (unpaired) electrons. The second kappa shape index (κ2) is 13.7. The van der Waals surface area contributed by atoms with Crippen molar-refractivity contribution in [1.29, 1.82) is 0 Å². The maximum Gasteiger partial charge on any atom is 0.0714 e. The van der Waals surface area contributed by atoms with Crippen LogP contribution in [0, 0.1) is 0 Å². The highest BCUT2D eigenvalue weighted by Gasteiger charge is 2.48. The third-order valence-corrected chi connectivity index (χ3v) is 15.0. The first-order chi connectivity index (χ1) is 28.8. The minimum absolute atomic E-state index is 0.00295. The van der Waals surface area contributed by atoms with Crippen LogP contribution in [-0.4, -0.2) is 0 Å². The van der Waals surface area contributed by atoms with Gasteiger partial charge in [0.25, 0.3) is 0 Å². The molecule has 1 heteroatoms. The lowest BCUT2D eigenvalue weighted by Crippen LogP contribution is -2.35. The van der Waals surface area contributed by atoms with E-state index < -0.39 is 5.41 Å². The number of hydrogen-bond acceptors (Lipinski definition) is 1. The van der Waals surface area contributed by atoms with Gasteiger partial charge in [0.05, 0.1) is 16.8 Å². The first-order valence-corrected chi connectivity index (χ1v) is 22.3. The smallest absolute Gasteiger partial charge is 0.0714 e. The predicted molar refractivity (Wildman–Crippen MR) is 254 cm³/mol. The molecule has 0 atom stereocenters. The van der Waals surface area contributed by atoms with Gasteiger partial charge in [-0.3, -0.25) is 0 Å². The molecule has 0 saturated heterocycles. The summed E-state index contributed by atoms with van der Waals surface area (Å²) >= 11 is 0. The molecule has 0 N–H and O–H groups in total. The molecule has 1 nitrogen and oxygen atoms in total. The lowest BCUT2D eigenvalue weighted by Gasteiger charge is -2.45. The lowest BCUT2D eigenvalue weighted by molar-refractivity contribution is 0.332. The number of hydrogen-bond donors (Lipinski definition) is 0. The first kappa shape index (κ1) is 38.5. The molecule has 0 aliphatic heterocycles. The molecule has 0 aromatic heterocycles. The number of anilines is 3. The Hall–Kier alpha value is -5.66. The van der Waals surface area contributed by atoms with E-state index in [0.717, 1.165) is 12.8 Å². The Morgan fingerprint density at radius 1 is 0.333 bits per heavy atom.